The topological polar surface area (TPSA) is 9.23 Å². The van der Waals surface area contributed by atoms with E-state index in [0.29, 0.717) is 16.5 Å². The van der Waals surface area contributed by atoms with Crippen molar-refractivity contribution in [3.8, 4) is 0 Å². The Bertz CT molecular complexity index is 109. The fourth-order valence-corrected chi connectivity index (χ4v) is 0.410. The summed E-state index contributed by atoms with van der Waals surface area (Å²) in [6.07, 6.45) is 0. The quantitative estimate of drug-likeness (QED) is 0.552. The van der Waals surface area contributed by atoms with Crippen LogP contribution < -0.4 is 0 Å². The number of thiocarbonyl (C=S) groups is 2. The van der Waals surface area contributed by atoms with Crippen molar-refractivity contribution in [3.05, 3.63) is 0 Å². The molecular weight excluding hydrogens is 140 g/mol. The average Bonchev–Trinajstić information content (AvgIpc) is 1.67. The van der Waals surface area contributed by atoms with E-state index in [-0.39, 0.29) is 0 Å². The molecule has 8 heavy (non-hydrogen) atoms. The van der Waals surface area contributed by atoms with Gasteiger partial charge in [-0.1, -0.05) is 12.2 Å². The lowest BCUT2D eigenvalue weighted by Gasteiger charge is -1.99. The smallest absolute Gasteiger partial charge is 0.197 e. The van der Waals surface area contributed by atoms with Gasteiger partial charge < -0.3 is 4.74 Å². The van der Waals surface area contributed by atoms with E-state index in [1.165, 1.54) is 0 Å². The molecule has 0 N–H and O–H groups in total. The number of hydrogen-bond acceptors (Lipinski definition) is 3. The lowest BCUT2D eigenvalue weighted by Crippen LogP contribution is -2.08. The second-order valence-corrected chi connectivity index (χ2v) is 2.26. The Morgan fingerprint density at radius 1 is 1.50 bits per heavy atom. The summed E-state index contributed by atoms with van der Waals surface area (Å²) in [5.74, 6) is 0. The van der Waals surface area contributed by atoms with Crippen LogP contribution in [0.15, 0.2) is 0 Å². The highest BCUT2D eigenvalue weighted by Gasteiger charge is 1.94. The summed E-state index contributed by atoms with van der Waals surface area (Å²) in [6.45, 7) is 4.24. The molecule has 0 bridgehead atoms. The van der Waals surface area contributed by atoms with Crippen molar-refractivity contribution >= 4 is 34.4 Å². The van der Waals surface area contributed by atoms with Crippen LogP contribution in [-0.2, 0) is 4.74 Å². The Hall–Kier alpha value is -0.0200. The predicted octanol–water partition coefficient (Wildman–Crippen LogP) is 1.74. The highest BCUT2D eigenvalue weighted by atomic mass is 32.1. The summed E-state index contributed by atoms with van der Waals surface area (Å²) in [5.41, 5.74) is 0. The van der Waals surface area contributed by atoms with Crippen molar-refractivity contribution in [1.29, 1.82) is 0 Å². The molecule has 0 spiro atoms. The lowest BCUT2D eigenvalue weighted by molar-refractivity contribution is 0.343. The maximum atomic E-state index is 4.89. The first kappa shape index (κ1) is 7.98. The average molecular weight is 148 g/mol. The van der Waals surface area contributed by atoms with Crippen LogP contribution in [0.5, 0.6) is 0 Å². The molecule has 1 nitrogen and oxygen atoms in total. The van der Waals surface area contributed by atoms with E-state index < -0.39 is 0 Å². The molecule has 0 aromatic heterocycles. The van der Waals surface area contributed by atoms with Crippen LogP contribution in [0.3, 0.4) is 0 Å². The molecule has 0 atom stereocenters. The SMILES string of the molecule is CCOC(=S)C(C)=S. The Kier molecular flexibility index (Phi) is 3.91. The minimum absolute atomic E-state index is 0.447. The van der Waals surface area contributed by atoms with Crippen LogP contribution in [-0.4, -0.2) is 16.5 Å². The molecule has 0 aromatic carbocycles. The first-order valence-corrected chi connectivity index (χ1v) is 3.17. The van der Waals surface area contributed by atoms with Crippen LogP contribution in [0.25, 0.3) is 0 Å². The zero-order chi connectivity index (χ0) is 6.57. The molecule has 0 amide bonds. The summed E-state index contributed by atoms with van der Waals surface area (Å²) >= 11 is 9.43. The van der Waals surface area contributed by atoms with Crippen molar-refractivity contribution < 1.29 is 4.74 Å². The van der Waals surface area contributed by atoms with Crippen LogP contribution in [0.2, 0.25) is 0 Å². The number of ether oxygens (including phenoxy) is 1. The molecule has 0 aliphatic heterocycles. The van der Waals surface area contributed by atoms with Gasteiger partial charge in [0.2, 0.25) is 0 Å². The fourth-order valence-electron chi connectivity index (χ4n) is 0.233. The van der Waals surface area contributed by atoms with Gasteiger partial charge >= 0.3 is 0 Å². The Morgan fingerprint density at radius 3 is 2.12 bits per heavy atom. The molecule has 0 saturated heterocycles. The molecule has 0 aliphatic rings. The van der Waals surface area contributed by atoms with Gasteiger partial charge in [0.05, 0.1) is 11.5 Å². The van der Waals surface area contributed by atoms with Crippen molar-refractivity contribution in [3.63, 3.8) is 0 Å². The van der Waals surface area contributed by atoms with Crippen molar-refractivity contribution in [2.75, 3.05) is 6.61 Å². The summed E-state index contributed by atoms with van der Waals surface area (Å²) in [4.78, 5) is 0.654. The second-order valence-electron chi connectivity index (χ2n) is 1.28. The summed E-state index contributed by atoms with van der Waals surface area (Å²) in [5, 5.41) is 0.447. The Balaban J connectivity index is 3.49. The van der Waals surface area contributed by atoms with Gasteiger partial charge in [0.1, 0.15) is 0 Å². The third kappa shape index (κ3) is 3.04. The van der Waals surface area contributed by atoms with Gasteiger partial charge in [-0.15, -0.1) is 0 Å². The van der Waals surface area contributed by atoms with Crippen LogP contribution >= 0.6 is 24.4 Å². The maximum absolute atomic E-state index is 4.89. The zero-order valence-electron chi connectivity index (χ0n) is 4.93. The molecule has 0 aromatic rings. The van der Waals surface area contributed by atoms with Gasteiger partial charge in [-0.2, -0.15) is 0 Å². The van der Waals surface area contributed by atoms with Crippen LogP contribution in [0, 0.1) is 0 Å². The van der Waals surface area contributed by atoms with E-state index in [1.807, 2.05) is 6.92 Å². The lowest BCUT2D eigenvalue weighted by atomic mass is 10.5. The monoisotopic (exact) mass is 148 g/mol. The van der Waals surface area contributed by atoms with Gasteiger partial charge in [-0.25, -0.2) is 0 Å². The minimum Gasteiger partial charge on any atom is -0.483 e. The van der Waals surface area contributed by atoms with Crippen LogP contribution in [0.1, 0.15) is 13.8 Å². The number of hydrogen-bond donors (Lipinski definition) is 0. The van der Waals surface area contributed by atoms with E-state index in [0.717, 1.165) is 0 Å². The summed E-state index contributed by atoms with van der Waals surface area (Å²) in [6, 6.07) is 0. The molecule has 0 heterocycles. The van der Waals surface area contributed by atoms with Gasteiger partial charge in [0.25, 0.3) is 0 Å². The fraction of sp³-hybridized carbons (Fsp3) is 0.600. The summed E-state index contributed by atoms with van der Waals surface area (Å²) < 4.78 is 4.89. The molecule has 0 rings (SSSR count). The van der Waals surface area contributed by atoms with E-state index in [9.17, 15) is 0 Å². The predicted molar refractivity (Wildman–Crippen MR) is 42.5 cm³/mol. The molecular formula is C5H8OS2. The molecule has 0 unspecified atom stereocenters. The van der Waals surface area contributed by atoms with Crippen LogP contribution in [0.4, 0.5) is 0 Å². The van der Waals surface area contributed by atoms with Crippen molar-refractivity contribution in [2.24, 2.45) is 0 Å². The van der Waals surface area contributed by atoms with Gasteiger partial charge in [0, 0.05) is 0 Å². The molecule has 0 fully saturated rings. The van der Waals surface area contributed by atoms with Crippen molar-refractivity contribution in [2.45, 2.75) is 13.8 Å². The highest BCUT2D eigenvalue weighted by Crippen LogP contribution is 1.85. The minimum atomic E-state index is 0.447. The maximum Gasteiger partial charge on any atom is 0.197 e. The van der Waals surface area contributed by atoms with Gasteiger partial charge in [-0.3, -0.25) is 0 Å². The molecule has 0 saturated carbocycles. The molecule has 0 radical (unpaired) electrons. The van der Waals surface area contributed by atoms with Gasteiger partial charge in [0.15, 0.2) is 5.05 Å². The van der Waals surface area contributed by atoms with E-state index >= 15 is 0 Å². The normalized spacial score (nSPS) is 8.25. The van der Waals surface area contributed by atoms with E-state index in [2.05, 4.69) is 0 Å². The summed E-state index contributed by atoms with van der Waals surface area (Å²) in [7, 11) is 0. The molecule has 3 heteroatoms. The first-order valence-electron chi connectivity index (χ1n) is 2.36. The molecule has 46 valence electrons. The number of rotatable bonds is 2. The largest absolute Gasteiger partial charge is 0.483 e. The first-order chi connectivity index (χ1) is 3.68. The third-order valence-corrected chi connectivity index (χ3v) is 1.30. The highest BCUT2D eigenvalue weighted by molar-refractivity contribution is 7.89. The Labute approximate surface area is 60.0 Å². The van der Waals surface area contributed by atoms with Crippen molar-refractivity contribution in [1.82, 2.24) is 0 Å². The van der Waals surface area contributed by atoms with E-state index in [1.54, 1.807) is 6.92 Å². The van der Waals surface area contributed by atoms with E-state index in [4.69, 9.17) is 29.2 Å². The standard InChI is InChI=1S/C5H8OS2/c1-3-6-5(8)4(2)7/h3H2,1-2H3. The van der Waals surface area contributed by atoms with Gasteiger partial charge in [-0.05, 0) is 26.1 Å². The molecule has 0 aliphatic carbocycles. The second kappa shape index (κ2) is 3.92. The third-order valence-electron chi connectivity index (χ3n) is 0.563. The zero-order valence-corrected chi connectivity index (χ0v) is 6.56. The Morgan fingerprint density at radius 2 is 2.00 bits per heavy atom.